The second-order valence-electron chi connectivity index (χ2n) is 4.83. The first kappa shape index (κ1) is 17.3. The van der Waals surface area contributed by atoms with Gasteiger partial charge in [0, 0.05) is 0 Å². The van der Waals surface area contributed by atoms with E-state index in [1.165, 1.54) is 14.2 Å². The molecule has 2 aromatic rings. The minimum Gasteiger partial charge on any atom is -0.496 e. The van der Waals surface area contributed by atoms with Gasteiger partial charge >= 0.3 is 11.9 Å². The molecular formula is C17H17NO6. The molecule has 0 unspecified atom stereocenters. The van der Waals surface area contributed by atoms with Gasteiger partial charge in [0.05, 0.1) is 14.2 Å². The molecule has 0 aliphatic carbocycles. The third-order valence-electron chi connectivity index (χ3n) is 3.28. The van der Waals surface area contributed by atoms with Gasteiger partial charge in [-0.3, -0.25) is 9.59 Å². The van der Waals surface area contributed by atoms with Crippen molar-refractivity contribution in [1.29, 1.82) is 0 Å². The van der Waals surface area contributed by atoms with Gasteiger partial charge in [-0.25, -0.2) is 4.79 Å². The van der Waals surface area contributed by atoms with Crippen LogP contribution in [-0.4, -0.2) is 45.2 Å². The first-order valence-corrected chi connectivity index (χ1v) is 7.12. The molecular weight excluding hydrogens is 314 g/mol. The van der Waals surface area contributed by atoms with Gasteiger partial charge < -0.3 is 19.5 Å². The van der Waals surface area contributed by atoms with Crippen molar-refractivity contribution in [2.45, 2.75) is 0 Å². The van der Waals surface area contributed by atoms with E-state index in [9.17, 15) is 14.4 Å². The maximum Gasteiger partial charge on any atom is 0.342 e. The first-order chi connectivity index (χ1) is 11.5. The molecule has 2 rings (SSSR count). The number of amides is 1. The van der Waals surface area contributed by atoms with E-state index < -0.39 is 24.5 Å². The standard InChI is InChI=1S/C17H17NO6/c1-22-14-8-12-6-4-3-5-11(12)7-13(14)17(21)24-10-15(19)18-9-16(20)23-2/h3-8H,9-10H2,1-2H3,(H,18,19). The number of rotatable bonds is 6. The summed E-state index contributed by atoms with van der Waals surface area (Å²) in [5.74, 6) is -1.53. The minimum atomic E-state index is -0.689. The van der Waals surface area contributed by atoms with Crippen molar-refractivity contribution in [2.75, 3.05) is 27.4 Å². The van der Waals surface area contributed by atoms with E-state index in [0.717, 1.165) is 10.8 Å². The van der Waals surface area contributed by atoms with Crippen molar-refractivity contribution < 1.29 is 28.6 Å². The first-order valence-electron chi connectivity index (χ1n) is 7.12. The maximum absolute atomic E-state index is 12.2. The zero-order chi connectivity index (χ0) is 17.5. The van der Waals surface area contributed by atoms with E-state index >= 15 is 0 Å². The van der Waals surface area contributed by atoms with Gasteiger partial charge in [-0.2, -0.15) is 0 Å². The largest absolute Gasteiger partial charge is 0.496 e. The molecule has 0 saturated heterocycles. The lowest BCUT2D eigenvalue weighted by Gasteiger charge is -2.10. The predicted octanol–water partition coefficient (Wildman–Crippen LogP) is 1.29. The van der Waals surface area contributed by atoms with Gasteiger partial charge in [0.15, 0.2) is 6.61 Å². The minimum absolute atomic E-state index is 0.219. The molecule has 0 bridgehead atoms. The van der Waals surface area contributed by atoms with Crippen LogP contribution < -0.4 is 10.1 Å². The average molecular weight is 331 g/mol. The number of hydrogen-bond donors (Lipinski definition) is 1. The Morgan fingerprint density at radius 2 is 1.71 bits per heavy atom. The Balaban J connectivity index is 2.05. The Labute approximate surface area is 138 Å². The van der Waals surface area contributed by atoms with Crippen LogP contribution in [0.5, 0.6) is 5.75 Å². The molecule has 0 radical (unpaired) electrons. The molecule has 126 valence electrons. The van der Waals surface area contributed by atoms with Crippen LogP contribution >= 0.6 is 0 Å². The summed E-state index contributed by atoms with van der Waals surface area (Å²) in [6.45, 7) is -0.794. The highest BCUT2D eigenvalue weighted by Gasteiger charge is 2.16. The summed E-state index contributed by atoms with van der Waals surface area (Å²) >= 11 is 0. The van der Waals surface area contributed by atoms with Gasteiger partial charge in [-0.15, -0.1) is 0 Å². The Morgan fingerprint density at radius 1 is 1.04 bits per heavy atom. The molecule has 0 heterocycles. The molecule has 0 atom stereocenters. The van der Waals surface area contributed by atoms with E-state index in [0.29, 0.717) is 5.75 Å². The van der Waals surface area contributed by atoms with Crippen LogP contribution in [0, 0.1) is 0 Å². The number of carbonyl (C=O) groups is 3. The summed E-state index contributed by atoms with van der Waals surface area (Å²) < 4.78 is 14.6. The maximum atomic E-state index is 12.2. The molecule has 0 spiro atoms. The molecule has 2 aromatic carbocycles. The summed E-state index contributed by atoms with van der Waals surface area (Å²) in [6.07, 6.45) is 0. The van der Waals surface area contributed by atoms with Gasteiger partial charge in [-0.05, 0) is 22.9 Å². The molecule has 0 aliphatic heterocycles. The molecule has 24 heavy (non-hydrogen) atoms. The van der Waals surface area contributed by atoms with Gasteiger partial charge in [0.1, 0.15) is 17.9 Å². The van der Waals surface area contributed by atoms with Crippen LogP contribution in [0.1, 0.15) is 10.4 Å². The van der Waals surface area contributed by atoms with Crippen molar-refractivity contribution in [1.82, 2.24) is 5.32 Å². The zero-order valence-corrected chi connectivity index (χ0v) is 13.3. The van der Waals surface area contributed by atoms with E-state index in [1.54, 1.807) is 12.1 Å². The predicted molar refractivity (Wildman–Crippen MR) is 85.8 cm³/mol. The fourth-order valence-corrected chi connectivity index (χ4v) is 2.05. The summed E-state index contributed by atoms with van der Waals surface area (Å²) in [7, 11) is 2.66. The van der Waals surface area contributed by atoms with E-state index in [4.69, 9.17) is 9.47 Å². The molecule has 0 fully saturated rings. The third-order valence-corrected chi connectivity index (χ3v) is 3.28. The molecule has 7 nitrogen and oxygen atoms in total. The molecule has 7 heteroatoms. The van der Waals surface area contributed by atoms with Gasteiger partial charge in [0.25, 0.3) is 5.91 Å². The summed E-state index contributed by atoms with van der Waals surface area (Å²) in [4.78, 5) is 34.7. The smallest absolute Gasteiger partial charge is 0.342 e. The normalized spacial score (nSPS) is 10.1. The van der Waals surface area contributed by atoms with Crippen LogP contribution in [0.4, 0.5) is 0 Å². The van der Waals surface area contributed by atoms with Crippen molar-refractivity contribution >= 4 is 28.6 Å². The van der Waals surface area contributed by atoms with Crippen LogP contribution in [0.15, 0.2) is 36.4 Å². The van der Waals surface area contributed by atoms with Crippen LogP contribution in [0.2, 0.25) is 0 Å². The lowest BCUT2D eigenvalue weighted by atomic mass is 10.1. The Bertz CT molecular complexity index is 771. The number of methoxy groups -OCH3 is 2. The summed E-state index contributed by atoms with van der Waals surface area (Å²) in [5, 5.41) is 4.04. The lowest BCUT2D eigenvalue weighted by Crippen LogP contribution is -2.33. The average Bonchev–Trinajstić information content (AvgIpc) is 2.62. The monoisotopic (exact) mass is 331 g/mol. The highest BCUT2D eigenvalue weighted by Crippen LogP contribution is 2.26. The number of fused-ring (bicyclic) bond motifs is 1. The molecule has 0 saturated carbocycles. The van der Waals surface area contributed by atoms with Gasteiger partial charge in [0.2, 0.25) is 0 Å². The number of hydrogen-bond acceptors (Lipinski definition) is 6. The SMILES string of the molecule is COC(=O)CNC(=O)COC(=O)c1cc2ccccc2cc1OC. The van der Waals surface area contributed by atoms with E-state index in [1.807, 2.05) is 24.3 Å². The number of ether oxygens (including phenoxy) is 3. The molecule has 0 aromatic heterocycles. The highest BCUT2D eigenvalue weighted by atomic mass is 16.5. The topological polar surface area (TPSA) is 90.9 Å². The number of carbonyl (C=O) groups excluding carboxylic acids is 3. The molecule has 0 aliphatic rings. The van der Waals surface area contributed by atoms with E-state index in [-0.39, 0.29) is 12.1 Å². The number of benzene rings is 2. The zero-order valence-electron chi connectivity index (χ0n) is 13.3. The summed E-state index contributed by atoms with van der Waals surface area (Å²) in [6, 6.07) is 10.9. The van der Waals surface area contributed by atoms with Crippen molar-refractivity contribution in [3.05, 3.63) is 42.0 Å². The highest BCUT2D eigenvalue weighted by molar-refractivity contribution is 5.99. The van der Waals surface area contributed by atoms with Crippen LogP contribution in [0.3, 0.4) is 0 Å². The number of nitrogens with one attached hydrogen (secondary N) is 1. The second kappa shape index (κ2) is 7.96. The molecule has 1 amide bonds. The fourth-order valence-electron chi connectivity index (χ4n) is 2.05. The number of esters is 2. The van der Waals surface area contributed by atoms with E-state index in [2.05, 4.69) is 10.1 Å². The Morgan fingerprint density at radius 3 is 2.33 bits per heavy atom. The summed E-state index contributed by atoms with van der Waals surface area (Å²) in [5.41, 5.74) is 0.219. The quantitative estimate of drug-likeness (QED) is 0.802. The van der Waals surface area contributed by atoms with Gasteiger partial charge in [-0.1, -0.05) is 24.3 Å². The Kier molecular flexibility index (Phi) is 5.73. The lowest BCUT2D eigenvalue weighted by molar-refractivity contribution is -0.141. The van der Waals surface area contributed by atoms with Crippen molar-refractivity contribution in [2.24, 2.45) is 0 Å². The third kappa shape index (κ3) is 4.22. The van der Waals surface area contributed by atoms with Crippen LogP contribution in [-0.2, 0) is 19.1 Å². The second-order valence-corrected chi connectivity index (χ2v) is 4.83. The van der Waals surface area contributed by atoms with Crippen molar-refractivity contribution in [3.8, 4) is 5.75 Å². The Hall–Kier alpha value is -3.09. The fraction of sp³-hybridized carbons (Fsp3) is 0.235. The van der Waals surface area contributed by atoms with Crippen LogP contribution in [0.25, 0.3) is 10.8 Å². The molecule has 1 N–H and O–H groups in total. The van der Waals surface area contributed by atoms with Crippen molar-refractivity contribution in [3.63, 3.8) is 0 Å².